The van der Waals surface area contributed by atoms with Crippen molar-refractivity contribution in [2.24, 2.45) is 5.92 Å². The van der Waals surface area contributed by atoms with E-state index < -0.39 is 0 Å². The summed E-state index contributed by atoms with van der Waals surface area (Å²) in [5.74, 6) is 0.178. The number of methoxy groups -OCH3 is 1. The fourth-order valence-corrected chi connectivity index (χ4v) is 2.71. The molecule has 0 saturated carbocycles. The Morgan fingerprint density at radius 1 is 1.30 bits per heavy atom. The first-order chi connectivity index (χ1) is 9.47. The van der Waals surface area contributed by atoms with E-state index in [-0.39, 0.29) is 35.9 Å². The van der Waals surface area contributed by atoms with Crippen LogP contribution in [0.5, 0.6) is 0 Å². The summed E-state index contributed by atoms with van der Waals surface area (Å²) >= 11 is 0. The Morgan fingerprint density at radius 2 is 1.95 bits per heavy atom. The summed E-state index contributed by atoms with van der Waals surface area (Å²) in [6.45, 7) is 8.57. The highest BCUT2D eigenvalue weighted by Gasteiger charge is 2.43. The Balaban J connectivity index is 2.94. The third-order valence-corrected chi connectivity index (χ3v) is 4.27. The van der Waals surface area contributed by atoms with Gasteiger partial charge in [-0.15, -0.1) is 0 Å². The van der Waals surface area contributed by atoms with Crippen LogP contribution in [0.25, 0.3) is 0 Å². The van der Waals surface area contributed by atoms with E-state index in [0.29, 0.717) is 13.0 Å². The van der Waals surface area contributed by atoms with E-state index in [1.54, 1.807) is 12.0 Å². The molecule has 0 aromatic heterocycles. The van der Waals surface area contributed by atoms with Gasteiger partial charge < -0.3 is 15.0 Å². The topological polar surface area (TPSA) is 58.6 Å². The zero-order valence-corrected chi connectivity index (χ0v) is 13.3. The SMILES string of the molecule is CCC(C)C1NC(=O)C(CC)N(C(C)CCOC)C1=O. The summed E-state index contributed by atoms with van der Waals surface area (Å²) < 4.78 is 5.09. The van der Waals surface area contributed by atoms with E-state index in [2.05, 4.69) is 5.32 Å². The number of piperazine rings is 1. The second kappa shape index (κ2) is 7.62. The molecule has 0 spiro atoms. The summed E-state index contributed by atoms with van der Waals surface area (Å²) in [4.78, 5) is 26.7. The van der Waals surface area contributed by atoms with Crippen molar-refractivity contribution in [1.29, 1.82) is 0 Å². The molecular weight excluding hydrogens is 256 g/mol. The van der Waals surface area contributed by atoms with Crippen molar-refractivity contribution in [3.63, 3.8) is 0 Å². The Morgan fingerprint density at radius 3 is 2.45 bits per heavy atom. The zero-order chi connectivity index (χ0) is 15.3. The molecule has 0 aromatic carbocycles. The standard InChI is InChI=1S/C15H28N2O3/c1-6-10(3)13-15(19)17(11(4)8-9-20-5)12(7-2)14(18)16-13/h10-13H,6-9H2,1-5H3,(H,16,18). The van der Waals surface area contributed by atoms with Gasteiger partial charge in [0.25, 0.3) is 0 Å². The number of nitrogens with one attached hydrogen (secondary N) is 1. The molecule has 0 bridgehead atoms. The van der Waals surface area contributed by atoms with Gasteiger partial charge in [-0.05, 0) is 25.7 Å². The van der Waals surface area contributed by atoms with E-state index in [9.17, 15) is 9.59 Å². The minimum atomic E-state index is -0.389. The number of hydrogen-bond acceptors (Lipinski definition) is 3. The van der Waals surface area contributed by atoms with Crippen LogP contribution >= 0.6 is 0 Å². The fraction of sp³-hybridized carbons (Fsp3) is 0.867. The molecule has 1 N–H and O–H groups in total. The molecule has 4 unspecified atom stereocenters. The summed E-state index contributed by atoms with van der Waals surface area (Å²) in [6, 6.07) is -0.722. The van der Waals surface area contributed by atoms with Crippen molar-refractivity contribution in [3.05, 3.63) is 0 Å². The summed E-state index contributed by atoms with van der Waals surface area (Å²) in [7, 11) is 1.65. The highest BCUT2D eigenvalue weighted by atomic mass is 16.5. The van der Waals surface area contributed by atoms with Crippen molar-refractivity contribution in [2.45, 2.75) is 65.1 Å². The average Bonchev–Trinajstić information content (AvgIpc) is 2.45. The van der Waals surface area contributed by atoms with Crippen LogP contribution in [0.15, 0.2) is 0 Å². The average molecular weight is 284 g/mol. The maximum absolute atomic E-state index is 12.7. The Labute approximate surface area is 122 Å². The molecule has 1 fully saturated rings. The summed E-state index contributed by atoms with van der Waals surface area (Å²) in [5.41, 5.74) is 0. The van der Waals surface area contributed by atoms with Crippen LogP contribution in [0.2, 0.25) is 0 Å². The first-order valence-electron chi connectivity index (χ1n) is 7.59. The quantitative estimate of drug-likeness (QED) is 0.772. The normalized spacial score (nSPS) is 26.4. The molecular formula is C15H28N2O3. The molecule has 0 radical (unpaired) electrons. The molecule has 1 heterocycles. The zero-order valence-electron chi connectivity index (χ0n) is 13.3. The number of hydrogen-bond donors (Lipinski definition) is 1. The summed E-state index contributed by atoms with van der Waals surface area (Å²) in [6.07, 6.45) is 2.26. The largest absolute Gasteiger partial charge is 0.385 e. The Bertz CT molecular complexity index is 346. The van der Waals surface area contributed by atoms with Gasteiger partial charge in [-0.1, -0.05) is 27.2 Å². The molecule has 1 saturated heterocycles. The van der Waals surface area contributed by atoms with Crippen LogP contribution in [-0.4, -0.2) is 48.6 Å². The van der Waals surface area contributed by atoms with Crippen LogP contribution < -0.4 is 5.32 Å². The van der Waals surface area contributed by atoms with Crippen LogP contribution in [0.4, 0.5) is 0 Å². The van der Waals surface area contributed by atoms with Gasteiger partial charge in [0, 0.05) is 19.8 Å². The number of carbonyl (C=O) groups excluding carboxylic acids is 2. The third-order valence-electron chi connectivity index (χ3n) is 4.27. The molecule has 0 aliphatic carbocycles. The third kappa shape index (κ3) is 3.51. The number of rotatable bonds is 7. The van der Waals surface area contributed by atoms with Gasteiger partial charge in [0.15, 0.2) is 0 Å². The lowest BCUT2D eigenvalue weighted by Gasteiger charge is -2.43. The van der Waals surface area contributed by atoms with Crippen LogP contribution in [0.1, 0.15) is 47.0 Å². The van der Waals surface area contributed by atoms with E-state index in [4.69, 9.17) is 4.74 Å². The number of ether oxygens (including phenoxy) is 1. The van der Waals surface area contributed by atoms with Gasteiger partial charge in [0.1, 0.15) is 12.1 Å². The molecule has 1 aliphatic rings. The maximum Gasteiger partial charge on any atom is 0.246 e. The lowest BCUT2D eigenvalue weighted by molar-refractivity contribution is -0.153. The minimum Gasteiger partial charge on any atom is -0.385 e. The molecule has 116 valence electrons. The van der Waals surface area contributed by atoms with E-state index in [1.165, 1.54) is 0 Å². The second-order valence-electron chi connectivity index (χ2n) is 5.67. The lowest BCUT2D eigenvalue weighted by atomic mass is 9.92. The van der Waals surface area contributed by atoms with Crippen LogP contribution in [-0.2, 0) is 14.3 Å². The summed E-state index contributed by atoms with van der Waals surface area (Å²) in [5, 5.41) is 2.90. The van der Waals surface area contributed by atoms with Crippen molar-refractivity contribution < 1.29 is 14.3 Å². The van der Waals surface area contributed by atoms with Crippen molar-refractivity contribution in [1.82, 2.24) is 10.2 Å². The Hall–Kier alpha value is -1.10. The van der Waals surface area contributed by atoms with Crippen LogP contribution in [0.3, 0.4) is 0 Å². The van der Waals surface area contributed by atoms with Gasteiger partial charge in [0.05, 0.1) is 0 Å². The maximum atomic E-state index is 12.7. The predicted octanol–water partition coefficient (Wildman–Crippen LogP) is 1.56. The fourth-order valence-electron chi connectivity index (χ4n) is 2.71. The van der Waals surface area contributed by atoms with E-state index >= 15 is 0 Å². The van der Waals surface area contributed by atoms with E-state index in [0.717, 1.165) is 12.8 Å². The first kappa shape index (κ1) is 17.0. The number of amides is 2. The molecule has 1 aliphatic heterocycles. The highest BCUT2D eigenvalue weighted by Crippen LogP contribution is 2.22. The van der Waals surface area contributed by atoms with Gasteiger partial charge >= 0.3 is 0 Å². The minimum absolute atomic E-state index is 0.0185. The molecule has 20 heavy (non-hydrogen) atoms. The van der Waals surface area contributed by atoms with Gasteiger partial charge in [-0.25, -0.2) is 0 Å². The molecule has 4 atom stereocenters. The molecule has 5 heteroatoms. The molecule has 2 amide bonds. The Kier molecular flexibility index (Phi) is 6.46. The van der Waals surface area contributed by atoms with Gasteiger partial charge in [0.2, 0.25) is 11.8 Å². The predicted molar refractivity (Wildman–Crippen MR) is 78.3 cm³/mol. The molecule has 1 rings (SSSR count). The number of nitrogens with zero attached hydrogens (tertiary/aromatic N) is 1. The lowest BCUT2D eigenvalue weighted by Crippen LogP contribution is -2.66. The van der Waals surface area contributed by atoms with Crippen molar-refractivity contribution in [3.8, 4) is 0 Å². The highest BCUT2D eigenvalue weighted by molar-refractivity contribution is 5.97. The molecule has 5 nitrogen and oxygen atoms in total. The smallest absolute Gasteiger partial charge is 0.246 e. The number of carbonyl (C=O) groups is 2. The molecule has 0 aromatic rings. The monoisotopic (exact) mass is 284 g/mol. The second-order valence-corrected chi connectivity index (χ2v) is 5.67. The van der Waals surface area contributed by atoms with Crippen molar-refractivity contribution in [2.75, 3.05) is 13.7 Å². The van der Waals surface area contributed by atoms with Crippen molar-refractivity contribution >= 4 is 11.8 Å². The van der Waals surface area contributed by atoms with Crippen LogP contribution in [0, 0.1) is 5.92 Å². The van der Waals surface area contributed by atoms with E-state index in [1.807, 2.05) is 27.7 Å². The first-order valence-corrected chi connectivity index (χ1v) is 7.59. The van der Waals surface area contributed by atoms with Gasteiger partial charge in [-0.3, -0.25) is 9.59 Å². The van der Waals surface area contributed by atoms with Gasteiger partial charge in [-0.2, -0.15) is 0 Å².